The van der Waals surface area contributed by atoms with Crippen LogP contribution < -0.4 is 10.1 Å². The van der Waals surface area contributed by atoms with E-state index >= 15 is 0 Å². The summed E-state index contributed by atoms with van der Waals surface area (Å²) in [5.41, 5.74) is 0.0152. The highest BCUT2D eigenvalue weighted by atomic mass is 19.1. The first kappa shape index (κ1) is 14.6. The molecule has 0 aliphatic carbocycles. The van der Waals surface area contributed by atoms with Crippen molar-refractivity contribution in [2.75, 3.05) is 11.9 Å². The minimum atomic E-state index is -0.790. The second-order valence-electron chi connectivity index (χ2n) is 4.06. The zero-order chi connectivity index (χ0) is 15.2. The number of para-hydroxylation sites is 1. The van der Waals surface area contributed by atoms with Crippen LogP contribution in [0.4, 0.5) is 15.9 Å². The number of rotatable bonds is 6. The van der Waals surface area contributed by atoms with Gasteiger partial charge in [-0.3, -0.25) is 15.1 Å². The first-order valence-corrected chi connectivity index (χ1v) is 6.22. The zero-order valence-electron chi connectivity index (χ0n) is 11.2. The summed E-state index contributed by atoms with van der Waals surface area (Å²) in [6.07, 6.45) is 2.97. The van der Waals surface area contributed by atoms with E-state index in [1.54, 1.807) is 0 Å². The van der Waals surface area contributed by atoms with Crippen LogP contribution in [0.5, 0.6) is 5.75 Å². The molecule has 0 amide bonds. The average molecular weight is 292 g/mol. The summed E-state index contributed by atoms with van der Waals surface area (Å²) >= 11 is 0. The lowest BCUT2D eigenvalue weighted by Crippen LogP contribution is -2.05. The first-order valence-electron chi connectivity index (χ1n) is 6.22. The molecule has 21 heavy (non-hydrogen) atoms. The number of nitrogens with one attached hydrogen (secondary N) is 1. The highest BCUT2D eigenvalue weighted by Gasteiger charge is 2.19. The van der Waals surface area contributed by atoms with Crippen molar-refractivity contribution in [3.8, 4) is 5.75 Å². The maximum absolute atomic E-state index is 13.6. The zero-order valence-corrected chi connectivity index (χ0v) is 11.2. The highest BCUT2D eigenvalue weighted by molar-refractivity contribution is 5.47. The van der Waals surface area contributed by atoms with Gasteiger partial charge < -0.3 is 10.1 Å². The minimum absolute atomic E-state index is 0.110. The van der Waals surface area contributed by atoms with Gasteiger partial charge >= 0.3 is 5.69 Å². The molecule has 0 radical (unpaired) electrons. The van der Waals surface area contributed by atoms with Crippen molar-refractivity contribution in [1.82, 2.24) is 9.97 Å². The molecule has 110 valence electrons. The summed E-state index contributed by atoms with van der Waals surface area (Å²) in [5, 5.41) is 13.8. The first-order chi connectivity index (χ1) is 10.1. The Labute approximate surface area is 120 Å². The molecule has 0 saturated carbocycles. The lowest BCUT2D eigenvalue weighted by atomic mass is 10.3. The number of nitro benzene ring substituents is 1. The number of nitrogens with zero attached hydrogens (tertiary/aromatic N) is 3. The predicted molar refractivity (Wildman–Crippen MR) is 73.6 cm³/mol. The number of hydrogen-bond acceptors (Lipinski definition) is 6. The molecule has 1 heterocycles. The summed E-state index contributed by atoms with van der Waals surface area (Å²) in [5.74, 6) is -0.584. The van der Waals surface area contributed by atoms with Gasteiger partial charge in [-0.05, 0) is 13.0 Å². The van der Waals surface area contributed by atoms with E-state index in [0.717, 1.165) is 6.07 Å². The molecule has 1 N–H and O–H groups in total. The van der Waals surface area contributed by atoms with Gasteiger partial charge in [0.25, 0.3) is 0 Å². The van der Waals surface area contributed by atoms with Crippen LogP contribution in [-0.4, -0.2) is 21.4 Å². The molecule has 0 spiro atoms. The van der Waals surface area contributed by atoms with Crippen LogP contribution >= 0.6 is 0 Å². The van der Waals surface area contributed by atoms with E-state index in [0.29, 0.717) is 18.1 Å². The SMILES string of the molecule is CCNc1cnc(COc2c(F)cccc2[N+](=O)[O-])cn1. The average Bonchev–Trinajstić information content (AvgIpc) is 2.47. The Hall–Kier alpha value is -2.77. The molecular formula is C13H13FN4O3. The van der Waals surface area contributed by atoms with Gasteiger partial charge in [-0.25, -0.2) is 9.37 Å². The second-order valence-corrected chi connectivity index (χ2v) is 4.06. The maximum atomic E-state index is 13.6. The molecule has 8 heteroatoms. The number of aromatic nitrogens is 2. The summed E-state index contributed by atoms with van der Waals surface area (Å²) in [4.78, 5) is 18.3. The normalized spacial score (nSPS) is 10.2. The van der Waals surface area contributed by atoms with Crippen molar-refractivity contribution in [2.24, 2.45) is 0 Å². The van der Waals surface area contributed by atoms with Crippen molar-refractivity contribution < 1.29 is 14.1 Å². The Kier molecular flexibility index (Phi) is 4.60. The van der Waals surface area contributed by atoms with Crippen molar-refractivity contribution in [2.45, 2.75) is 13.5 Å². The van der Waals surface area contributed by atoms with Crippen LogP contribution in [-0.2, 0) is 6.61 Å². The van der Waals surface area contributed by atoms with E-state index in [2.05, 4.69) is 15.3 Å². The third-order valence-corrected chi connectivity index (χ3v) is 2.57. The Balaban J connectivity index is 2.11. The largest absolute Gasteiger partial charge is 0.478 e. The molecule has 0 unspecified atom stereocenters. The van der Waals surface area contributed by atoms with Crippen molar-refractivity contribution in [1.29, 1.82) is 0 Å². The van der Waals surface area contributed by atoms with E-state index in [1.165, 1.54) is 24.5 Å². The molecule has 0 atom stereocenters. The lowest BCUT2D eigenvalue weighted by Gasteiger charge is -2.07. The van der Waals surface area contributed by atoms with Gasteiger partial charge in [0, 0.05) is 12.6 Å². The number of nitro groups is 1. The maximum Gasteiger partial charge on any atom is 0.314 e. The van der Waals surface area contributed by atoms with Crippen LogP contribution in [0.1, 0.15) is 12.6 Å². The Bertz CT molecular complexity index is 634. The molecule has 0 saturated heterocycles. The Morgan fingerprint density at radius 3 is 2.81 bits per heavy atom. The number of anilines is 1. The molecule has 0 fully saturated rings. The topological polar surface area (TPSA) is 90.2 Å². The Morgan fingerprint density at radius 1 is 1.38 bits per heavy atom. The molecule has 2 rings (SSSR count). The van der Waals surface area contributed by atoms with Crippen molar-refractivity contribution in [3.05, 3.63) is 52.2 Å². The number of ether oxygens (including phenoxy) is 1. The van der Waals surface area contributed by atoms with Gasteiger partial charge in [0.2, 0.25) is 5.75 Å². The summed E-state index contributed by atoms with van der Waals surface area (Å²) in [6.45, 7) is 2.53. The second kappa shape index (κ2) is 6.60. The number of benzene rings is 1. The lowest BCUT2D eigenvalue weighted by molar-refractivity contribution is -0.386. The Morgan fingerprint density at radius 2 is 2.19 bits per heavy atom. The van der Waals surface area contributed by atoms with Gasteiger partial charge in [0.1, 0.15) is 12.4 Å². The molecule has 7 nitrogen and oxygen atoms in total. The quantitative estimate of drug-likeness (QED) is 0.650. The van der Waals surface area contributed by atoms with Gasteiger partial charge in [0.15, 0.2) is 5.82 Å². The van der Waals surface area contributed by atoms with Gasteiger partial charge in [0.05, 0.1) is 23.0 Å². The molecule has 2 aromatic rings. The summed E-state index contributed by atoms with van der Waals surface area (Å²) in [7, 11) is 0. The fraction of sp³-hybridized carbons (Fsp3) is 0.231. The van der Waals surface area contributed by atoms with E-state index in [1.807, 2.05) is 6.92 Å². The molecule has 1 aromatic carbocycles. The van der Waals surface area contributed by atoms with Crippen LogP contribution in [0.2, 0.25) is 0 Å². The van der Waals surface area contributed by atoms with Gasteiger partial charge in [-0.1, -0.05) is 6.07 Å². The third kappa shape index (κ3) is 3.62. The molecule has 0 aliphatic heterocycles. The van der Waals surface area contributed by atoms with E-state index in [9.17, 15) is 14.5 Å². The van der Waals surface area contributed by atoms with Gasteiger partial charge in [-0.15, -0.1) is 0 Å². The standard InChI is InChI=1S/C13H13FN4O3/c1-2-15-12-7-16-9(6-17-12)8-21-13-10(14)4-3-5-11(13)18(19)20/h3-7H,2,8H2,1H3,(H,15,17). The fourth-order valence-corrected chi connectivity index (χ4v) is 1.63. The monoisotopic (exact) mass is 292 g/mol. The van der Waals surface area contributed by atoms with Crippen LogP contribution in [0.15, 0.2) is 30.6 Å². The third-order valence-electron chi connectivity index (χ3n) is 2.57. The number of hydrogen-bond donors (Lipinski definition) is 1. The fourth-order valence-electron chi connectivity index (χ4n) is 1.63. The molecular weight excluding hydrogens is 279 g/mol. The summed E-state index contributed by atoms with van der Waals surface area (Å²) < 4.78 is 18.8. The van der Waals surface area contributed by atoms with Crippen LogP contribution in [0, 0.1) is 15.9 Å². The van der Waals surface area contributed by atoms with E-state index in [4.69, 9.17) is 4.74 Å². The highest BCUT2D eigenvalue weighted by Crippen LogP contribution is 2.30. The van der Waals surface area contributed by atoms with Gasteiger partial charge in [-0.2, -0.15) is 0 Å². The molecule has 0 aliphatic rings. The van der Waals surface area contributed by atoms with E-state index < -0.39 is 22.2 Å². The van der Waals surface area contributed by atoms with Crippen molar-refractivity contribution >= 4 is 11.5 Å². The summed E-state index contributed by atoms with van der Waals surface area (Å²) in [6, 6.07) is 3.53. The van der Waals surface area contributed by atoms with E-state index in [-0.39, 0.29) is 6.61 Å². The molecule has 0 bridgehead atoms. The minimum Gasteiger partial charge on any atom is -0.478 e. The van der Waals surface area contributed by atoms with Crippen molar-refractivity contribution in [3.63, 3.8) is 0 Å². The smallest absolute Gasteiger partial charge is 0.314 e. The van der Waals surface area contributed by atoms with Crippen LogP contribution in [0.25, 0.3) is 0 Å². The predicted octanol–water partition coefficient (Wildman–Crippen LogP) is 2.53. The molecule has 1 aromatic heterocycles. The van der Waals surface area contributed by atoms with Crippen LogP contribution in [0.3, 0.4) is 0 Å². The number of halogens is 1.